The Labute approximate surface area is 159 Å². The van der Waals surface area contributed by atoms with Crippen LogP contribution in [-0.4, -0.2) is 27.3 Å². The Balaban J connectivity index is 2.27. The number of hydrogen-bond acceptors (Lipinski definition) is 4. The van der Waals surface area contributed by atoms with Crippen LogP contribution < -0.4 is 9.62 Å². The summed E-state index contributed by atoms with van der Waals surface area (Å²) in [6.45, 7) is 6.49. The number of nitrogens with two attached hydrogens (primary N) is 1. The molecule has 2 heterocycles. The summed E-state index contributed by atoms with van der Waals surface area (Å²) in [4.78, 5) is 2.39. The van der Waals surface area contributed by atoms with Crippen LogP contribution >= 0.6 is 11.3 Å². The van der Waals surface area contributed by atoms with Gasteiger partial charge in [-0.05, 0) is 39.0 Å². The standard InChI is InChI=1S/C20H25N2O2S2/c1-4-26(23,24)22(12-6-7-17(13-21)14-22)19-9-5-8-18(16(19)3)20-11-10-15(2)25-20/h5-11,14H,4,12-13,21H2,1-3H3/q+1. The molecule has 0 spiro atoms. The maximum Gasteiger partial charge on any atom is 0.306 e. The smallest absolute Gasteiger partial charge is 0.306 e. The summed E-state index contributed by atoms with van der Waals surface area (Å²) in [6, 6.07) is 10.1. The monoisotopic (exact) mass is 389 g/mol. The lowest BCUT2D eigenvalue weighted by atomic mass is 10.0. The molecule has 1 unspecified atom stereocenters. The van der Waals surface area contributed by atoms with Crippen LogP contribution in [0, 0.1) is 13.8 Å². The molecule has 0 saturated carbocycles. The normalized spacial score (nSPS) is 20.2. The Morgan fingerprint density at radius 1 is 1.19 bits per heavy atom. The van der Waals surface area contributed by atoms with Crippen LogP contribution in [0.3, 0.4) is 0 Å². The molecule has 0 amide bonds. The fourth-order valence-electron chi connectivity index (χ4n) is 3.47. The van der Waals surface area contributed by atoms with Crippen molar-refractivity contribution in [2.24, 2.45) is 5.73 Å². The highest BCUT2D eigenvalue weighted by Crippen LogP contribution is 2.40. The van der Waals surface area contributed by atoms with Gasteiger partial charge in [-0.25, -0.2) is 0 Å². The first-order valence-corrected chi connectivity index (χ1v) is 11.1. The highest BCUT2D eigenvalue weighted by molar-refractivity contribution is 7.91. The van der Waals surface area contributed by atoms with E-state index < -0.39 is 10.0 Å². The van der Waals surface area contributed by atoms with Gasteiger partial charge in [0, 0.05) is 39.1 Å². The molecule has 2 aromatic rings. The maximum absolute atomic E-state index is 13.2. The molecule has 0 aliphatic carbocycles. The van der Waals surface area contributed by atoms with Gasteiger partial charge in [-0.3, -0.25) is 0 Å². The van der Waals surface area contributed by atoms with Crippen LogP contribution in [-0.2, 0) is 10.0 Å². The van der Waals surface area contributed by atoms with E-state index in [4.69, 9.17) is 5.73 Å². The lowest BCUT2D eigenvalue weighted by molar-refractivity contribution is 0.510. The van der Waals surface area contributed by atoms with Gasteiger partial charge in [0.25, 0.3) is 0 Å². The third-order valence-corrected chi connectivity index (χ3v) is 8.11. The van der Waals surface area contributed by atoms with Gasteiger partial charge in [-0.1, -0.05) is 18.2 Å². The zero-order chi connectivity index (χ0) is 18.9. The molecule has 0 fully saturated rings. The lowest BCUT2D eigenvalue weighted by Gasteiger charge is -2.35. The van der Waals surface area contributed by atoms with Crippen molar-refractivity contribution in [2.75, 3.05) is 18.8 Å². The Morgan fingerprint density at radius 3 is 2.58 bits per heavy atom. The van der Waals surface area contributed by atoms with Gasteiger partial charge in [-0.15, -0.1) is 11.3 Å². The summed E-state index contributed by atoms with van der Waals surface area (Å²) in [5.41, 5.74) is 9.54. The minimum atomic E-state index is -3.44. The topological polar surface area (TPSA) is 60.2 Å². The van der Waals surface area contributed by atoms with Crippen molar-refractivity contribution in [3.63, 3.8) is 0 Å². The Kier molecular flexibility index (Phi) is 5.21. The summed E-state index contributed by atoms with van der Waals surface area (Å²) < 4.78 is 26.2. The van der Waals surface area contributed by atoms with E-state index in [1.807, 2.05) is 37.4 Å². The number of thiophene rings is 1. The molecule has 1 aromatic heterocycles. The van der Waals surface area contributed by atoms with E-state index in [0.29, 0.717) is 13.1 Å². The molecule has 26 heavy (non-hydrogen) atoms. The van der Waals surface area contributed by atoms with Crippen molar-refractivity contribution in [3.8, 4) is 10.4 Å². The van der Waals surface area contributed by atoms with Gasteiger partial charge in [0.2, 0.25) is 0 Å². The zero-order valence-electron chi connectivity index (χ0n) is 15.4. The quantitative estimate of drug-likeness (QED) is 0.783. The molecule has 1 aliphatic heterocycles. The highest BCUT2D eigenvalue weighted by atomic mass is 32.2. The third kappa shape index (κ3) is 3.07. The summed E-state index contributed by atoms with van der Waals surface area (Å²) in [5.74, 6) is 0.0664. The molecule has 1 aliphatic rings. The van der Waals surface area contributed by atoms with Gasteiger partial charge in [0.1, 0.15) is 12.7 Å². The average Bonchev–Trinajstić information content (AvgIpc) is 3.07. The maximum atomic E-state index is 13.2. The van der Waals surface area contributed by atoms with Crippen molar-refractivity contribution in [2.45, 2.75) is 20.8 Å². The fraction of sp³-hybridized carbons (Fsp3) is 0.300. The SMILES string of the molecule is CCS(=O)(=O)[N+]1(c2cccc(-c3ccc(C)s3)c2C)C=C(CN)C=CC1. The van der Waals surface area contributed by atoms with Gasteiger partial charge >= 0.3 is 10.0 Å². The summed E-state index contributed by atoms with van der Waals surface area (Å²) >= 11 is 1.72. The third-order valence-electron chi connectivity index (χ3n) is 4.90. The van der Waals surface area contributed by atoms with Gasteiger partial charge in [0.15, 0.2) is 5.69 Å². The zero-order valence-corrected chi connectivity index (χ0v) is 17.0. The van der Waals surface area contributed by atoms with E-state index in [1.165, 1.54) is 4.88 Å². The minimum Gasteiger partial charge on any atom is -0.326 e. The van der Waals surface area contributed by atoms with Crippen LogP contribution in [0.5, 0.6) is 0 Å². The largest absolute Gasteiger partial charge is 0.326 e. The number of rotatable bonds is 5. The molecule has 0 saturated heterocycles. The molecule has 138 valence electrons. The molecule has 3 rings (SSSR count). The van der Waals surface area contributed by atoms with Crippen molar-refractivity contribution in [1.29, 1.82) is 0 Å². The average molecular weight is 390 g/mol. The highest BCUT2D eigenvalue weighted by Gasteiger charge is 2.43. The van der Waals surface area contributed by atoms with E-state index >= 15 is 0 Å². The van der Waals surface area contributed by atoms with Crippen LogP contribution in [0.1, 0.15) is 17.4 Å². The van der Waals surface area contributed by atoms with Crippen molar-refractivity contribution < 1.29 is 8.42 Å². The molecule has 0 radical (unpaired) electrons. The van der Waals surface area contributed by atoms with Crippen LogP contribution in [0.25, 0.3) is 10.4 Å². The first kappa shape index (κ1) is 19.0. The molecule has 4 nitrogen and oxygen atoms in total. The lowest BCUT2D eigenvalue weighted by Crippen LogP contribution is -2.52. The number of nitrogens with zero attached hydrogens (tertiary/aromatic N) is 1. The van der Waals surface area contributed by atoms with Crippen LogP contribution in [0.2, 0.25) is 0 Å². The first-order valence-electron chi connectivity index (χ1n) is 8.70. The predicted octanol–water partition coefficient (Wildman–Crippen LogP) is 4.10. The van der Waals surface area contributed by atoms with Gasteiger partial charge in [-0.2, -0.15) is 12.3 Å². The molecule has 0 bridgehead atoms. The number of quaternary nitrogens is 1. The van der Waals surface area contributed by atoms with Crippen molar-refractivity contribution in [3.05, 3.63) is 64.7 Å². The number of hydrogen-bond donors (Lipinski definition) is 1. The Hall–Kier alpha value is -1.73. The second-order valence-corrected chi connectivity index (χ2v) is 10.2. The van der Waals surface area contributed by atoms with Crippen molar-refractivity contribution in [1.82, 2.24) is 3.89 Å². The van der Waals surface area contributed by atoms with Crippen LogP contribution in [0.15, 0.2) is 54.3 Å². The number of benzene rings is 1. The Bertz CT molecular complexity index is 987. The van der Waals surface area contributed by atoms with E-state index in [1.54, 1.807) is 18.3 Å². The predicted molar refractivity (Wildman–Crippen MR) is 112 cm³/mol. The number of sulfonamides is 1. The van der Waals surface area contributed by atoms with Gasteiger partial charge in [0.05, 0.1) is 5.75 Å². The first-order chi connectivity index (χ1) is 12.3. The minimum absolute atomic E-state index is 0.0664. The van der Waals surface area contributed by atoms with E-state index in [9.17, 15) is 8.42 Å². The summed E-state index contributed by atoms with van der Waals surface area (Å²) in [7, 11) is -3.44. The van der Waals surface area contributed by atoms with E-state index in [2.05, 4.69) is 25.1 Å². The fourth-order valence-corrected chi connectivity index (χ4v) is 5.98. The number of aryl methyl sites for hydroxylation is 1. The Morgan fingerprint density at radius 2 is 1.96 bits per heavy atom. The molecular weight excluding hydrogens is 364 g/mol. The van der Waals surface area contributed by atoms with Crippen LogP contribution in [0.4, 0.5) is 5.69 Å². The molecule has 2 N–H and O–H groups in total. The summed E-state index contributed by atoms with van der Waals surface area (Å²) in [6.07, 6.45) is 5.64. The van der Waals surface area contributed by atoms with E-state index in [0.717, 1.165) is 27.3 Å². The molecule has 1 atom stereocenters. The van der Waals surface area contributed by atoms with Gasteiger partial charge < -0.3 is 5.73 Å². The second-order valence-electron chi connectivity index (χ2n) is 6.52. The molecule has 6 heteroatoms. The molecule has 1 aromatic carbocycles. The second kappa shape index (κ2) is 7.12. The molecular formula is C20H25N2O2S2+. The summed E-state index contributed by atoms with van der Waals surface area (Å²) in [5, 5.41) is 0. The van der Waals surface area contributed by atoms with E-state index in [-0.39, 0.29) is 9.64 Å². The van der Waals surface area contributed by atoms with Crippen molar-refractivity contribution >= 4 is 27.0 Å².